The maximum atomic E-state index is 8.57. The van der Waals surface area contributed by atoms with E-state index >= 15 is 0 Å². The van der Waals surface area contributed by atoms with Gasteiger partial charge in [0.15, 0.2) is 0 Å². The van der Waals surface area contributed by atoms with Crippen molar-refractivity contribution in [2.45, 2.75) is 26.7 Å². The molecule has 0 aliphatic heterocycles. The fraction of sp³-hybridized carbons (Fsp3) is 0.571. The lowest BCUT2D eigenvalue weighted by molar-refractivity contribution is 0.0702. The summed E-state index contributed by atoms with van der Waals surface area (Å²) in [6, 6.07) is 6.27. The Morgan fingerprint density at radius 1 is 1.18 bits per heavy atom. The van der Waals surface area contributed by atoms with E-state index < -0.39 is 0 Å². The summed E-state index contributed by atoms with van der Waals surface area (Å²) in [7, 11) is 0. The molecule has 0 unspecified atom stereocenters. The van der Waals surface area contributed by atoms with E-state index in [1.165, 1.54) is 11.1 Å². The lowest BCUT2D eigenvalue weighted by atomic mass is 10.0. The first-order valence-corrected chi connectivity index (χ1v) is 6.07. The highest BCUT2D eigenvalue weighted by atomic mass is 16.5. The molecule has 0 radical (unpaired) electrons. The zero-order chi connectivity index (χ0) is 12.7. The molecule has 96 valence electrons. The average Bonchev–Trinajstić information content (AvgIpc) is 2.28. The summed E-state index contributed by atoms with van der Waals surface area (Å²) in [5.41, 5.74) is 2.42. The van der Waals surface area contributed by atoms with E-state index in [2.05, 4.69) is 39.0 Å². The Labute approximate surface area is 103 Å². The van der Waals surface area contributed by atoms with Crippen LogP contribution in [0.15, 0.2) is 18.2 Å². The first kappa shape index (κ1) is 14.0. The minimum atomic E-state index is 0.0572. The summed E-state index contributed by atoms with van der Waals surface area (Å²) in [6.45, 7) is 7.81. The van der Waals surface area contributed by atoms with Crippen molar-refractivity contribution in [1.82, 2.24) is 0 Å². The van der Waals surface area contributed by atoms with Crippen molar-refractivity contribution in [1.29, 1.82) is 0 Å². The lowest BCUT2D eigenvalue weighted by Gasteiger charge is -2.14. The highest BCUT2D eigenvalue weighted by molar-refractivity contribution is 5.39. The molecule has 0 aliphatic rings. The van der Waals surface area contributed by atoms with Crippen LogP contribution in [0, 0.1) is 6.92 Å². The molecule has 0 fully saturated rings. The molecule has 1 aromatic carbocycles. The van der Waals surface area contributed by atoms with Gasteiger partial charge in [-0.15, -0.1) is 0 Å². The summed E-state index contributed by atoms with van der Waals surface area (Å²) in [4.78, 5) is 0. The smallest absolute Gasteiger partial charge is 0.123 e. The number of hydrogen-bond acceptors (Lipinski definition) is 3. The van der Waals surface area contributed by atoms with Gasteiger partial charge in [0.25, 0.3) is 0 Å². The Bertz CT molecular complexity index is 334. The minimum absolute atomic E-state index is 0.0572. The fourth-order valence-electron chi connectivity index (χ4n) is 1.62. The molecule has 0 spiro atoms. The summed E-state index contributed by atoms with van der Waals surface area (Å²) < 4.78 is 10.9. The molecule has 17 heavy (non-hydrogen) atoms. The van der Waals surface area contributed by atoms with E-state index in [4.69, 9.17) is 14.6 Å². The quantitative estimate of drug-likeness (QED) is 0.742. The van der Waals surface area contributed by atoms with Gasteiger partial charge in [-0.1, -0.05) is 26.0 Å². The van der Waals surface area contributed by atoms with Crippen molar-refractivity contribution < 1.29 is 14.6 Å². The summed E-state index contributed by atoms with van der Waals surface area (Å²) >= 11 is 0. The Hall–Kier alpha value is -1.06. The van der Waals surface area contributed by atoms with Gasteiger partial charge in [-0.2, -0.15) is 0 Å². The average molecular weight is 238 g/mol. The van der Waals surface area contributed by atoms with Crippen LogP contribution in [0.3, 0.4) is 0 Å². The fourth-order valence-corrected chi connectivity index (χ4v) is 1.62. The molecule has 0 heterocycles. The third-order valence-electron chi connectivity index (χ3n) is 2.51. The first-order valence-electron chi connectivity index (χ1n) is 6.07. The van der Waals surface area contributed by atoms with Crippen molar-refractivity contribution in [2.75, 3.05) is 26.4 Å². The predicted molar refractivity (Wildman–Crippen MR) is 68.7 cm³/mol. The molecule has 0 bridgehead atoms. The van der Waals surface area contributed by atoms with E-state index in [0.29, 0.717) is 25.7 Å². The van der Waals surface area contributed by atoms with Crippen LogP contribution in [-0.4, -0.2) is 31.5 Å². The zero-order valence-electron chi connectivity index (χ0n) is 10.9. The van der Waals surface area contributed by atoms with E-state index in [-0.39, 0.29) is 6.61 Å². The number of aliphatic hydroxyl groups is 1. The molecule has 0 aliphatic carbocycles. The van der Waals surface area contributed by atoms with Crippen molar-refractivity contribution in [2.24, 2.45) is 0 Å². The predicted octanol–water partition coefficient (Wildman–Crippen LogP) is 2.51. The molecular weight excluding hydrogens is 216 g/mol. The summed E-state index contributed by atoms with van der Waals surface area (Å²) in [6.07, 6.45) is 0. The Morgan fingerprint density at radius 2 is 1.94 bits per heavy atom. The van der Waals surface area contributed by atoms with Crippen LogP contribution in [0.1, 0.15) is 30.9 Å². The second kappa shape index (κ2) is 7.30. The van der Waals surface area contributed by atoms with Crippen LogP contribution in [-0.2, 0) is 4.74 Å². The maximum absolute atomic E-state index is 8.57. The second-order valence-corrected chi connectivity index (χ2v) is 4.38. The molecule has 0 saturated heterocycles. The molecule has 3 heteroatoms. The van der Waals surface area contributed by atoms with E-state index in [9.17, 15) is 0 Å². The van der Waals surface area contributed by atoms with Crippen LogP contribution < -0.4 is 4.74 Å². The number of aryl methyl sites for hydroxylation is 1. The molecular formula is C14H22O3. The summed E-state index contributed by atoms with van der Waals surface area (Å²) in [5, 5.41) is 8.57. The van der Waals surface area contributed by atoms with Crippen LogP contribution in [0.25, 0.3) is 0 Å². The highest BCUT2D eigenvalue weighted by Crippen LogP contribution is 2.27. The Kier molecular flexibility index (Phi) is 6.01. The molecule has 1 N–H and O–H groups in total. The van der Waals surface area contributed by atoms with Crippen LogP contribution in [0.5, 0.6) is 5.75 Å². The third kappa shape index (κ3) is 4.75. The second-order valence-electron chi connectivity index (χ2n) is 4.38. The van der Waals surface area contributed by atoms with Gasteiger partial charge in [0, 0.05) is 0 Å². The van der Waals surface area contributed by atoms with Crippen molar-refractivity contribution in [3.05, 3.63) is 29.3 Å². The molecule has 0 saturated carbocycles. The molecule has 0 atom stereocenters. The van der Waals surface area contributed by atoms with Gasteiger partial charge in [-0.25, -0.2) is 0 Å². The van der Waals surface area contributed by atoms with Crippen LogP contribution in [0.4, 0.5) is 0 Å². The number of hydrogen-bond donors (Lipinski definition) is 1. The van der Waals surface area contributed by atoms with Gasteiger partial charge in [0.2, 0.25) is 0 Å². The van der Waals surface area contributed by atoms with Gasteiger partial charge in [0.1, 0.15) is 12.4 Å². The van der Waals surface area contributed by atoms with E-state index in [0.717, 1.165) is 5.75 Å². The van der Waals surface area contributed by atoms with Crippen molar-refractivity contribution in [3.8, 4) is 5.75 Å². The molecule has 1 rings (SSSR count). The van der Waals surface area contributed by atoms with Gasteiger partial charge >= 0.3 is 0 Å². The van der Waals surface area contributed by atoms with Crippen LogP contribution >= 0.6 is 0 Å². The third-order valence-corrected chi connectivity index (χ3v) is 2.51. The molecule has 0 aromatic heterocycles. The Balaban J connectivity index is 2.53. The van der Waals surface area contributed by atoms with Gasteiger partial charge in [-0.3, -0.25) is 0 Å². The maximum Gasteiger partial charge on any atom is 0.123 e. The van der Waals surface area contributed by atoms with Gasteiger partial charge < -0.3 is 14.6 Å². The van der Waals surface area contributed by atoms with E-state index in [1.54, 1.807) is 0 Å². The normalized spacial score (nSPS) is 10.9. The van der Waals surface area contributed by atoms with Gasteiger partial charge in [0.05, 0.1) is 19.8 Å². The zero-order valence-corrected chi connectivity index (χ0v) is 10.9. The number of aliphatic hydroxyl groups excluding tert-OH is 1. The minimum Gasteiger partial charge on any atom is -0.491 e. The largest absolute Gasteiger partial charge is 0.491 e. The first-order chi connectivity index (χ1) is 8.15. The standard InChI is InChI=1S/C14H22O3/c1-11(2)13-5-4-12(3)10-14(13)17-9-8-16-7-6-15/h4-5,10-11,15H,6-9H2,1-3H3. The number of ether oxygens (including phenoxy) is 2. The molecule has 3 nitrogen and oxygen atoms in total. The SMILES string of the molecule is Cc1ccc(C(C)C)c(OCCOCCO)c1. The lowest BCUT2D eigenvalue weighted by Crippen LogP contribution is -2.10. The summed E-state index contributed by atoms with van der Waals surface area (Å²) in [5.74, 6) is 1.39. The van der Waals surface area contributed by atoms with Crippen molar-refractivity contribution >= 4 is 0 Å². The molecule has 1 aromatic rings. The van der Waals surface area contributed by atoms with Crippen molar-refractivity contribution in [3.63, 3.8) is 0 Å². The van der Waals surface area contributed by atoms with Crippen LogP contribution in [0.2, 0.25) is 0 Å². The van der Waals surface area contributed by atoms with Gasteiger partial charge in [-0.05, 0) is 30.0 Å². The molecule has 0 amide bonds. The number of rotatable bonds is 7. The Morgan fingerprint density at radius 3 is 2.59 bits per heavy atom. The highest BCUT2D eigenvalue weighted by Gasteiger charge is 2.07. The topological polar surface area (TPSA) is 38.7 Å². The monoisotopic (exact) mass is 238 g/mol. The number of benzene rings is 1. The van der Waals surface area contributed by atoms with E-state index in [1.807, 2.05) is 0 Å².